The normalized spacial score (nSPS) is 18.7. The summed E-state index contributed by atoms with van der Waals surface area (Å²) >= 11 is 0. The van der Waals surface area contributed by atoms with E-state index in [-0.39, 0.29) is 11.2 Å². The predicted octanol–water partition coefficient (Wildman–Crippen LogP) is 3.60. The van der Waals surface area contributed by atoms with Gasteiger partial charge in [0.15, 0.2) is 0 Å². The number of nitrogens with two attached hydrogens (primary N) is 1. The summed E-state index contributed by atoms with van der Waals surface area (Å²) < 4.78 is 12.7. The number of hydrogen-bond acceptors (Lipinski definition) is 3. The van der Waals surface area contributed by atoms with E-state index >= 15 is 0 Å². The second-order valence-corrected chi connectivity index (χ2v) is 14.2. The lowest BCUT2D eigenvalue weighted by Crippen LogP contribution is -2.41. The Kier molecular flexibility index (Phi) is 5.58. The average Bonchev–Trinajstić information content (AvgIpc) is 2.65. The van der Waals surface area contributed by atoms with Gasteiger partial charge in [-0.05, 0) is 76.2 Å². The molecule has 1 aromatic rings. The molecule has 1 aromatic carbocycles. The minimum atomic E-state index is -1.48. The quantitative estimate of drug-likeness (QED) is 0.638. The molecule has 0 aliphatic carbocycles. The van der Waals surface area contributed by atoms with Crippen LogP contribution in [0.3, 0.4) is 0 Å². The Bertz CT molecular complexity index is 766. The van der Waals surface area contributed by atoms with Crippen molar-refractivity contribution in [1.82, 2.24) is 0 Å². The molecule has 2 N–H and O–H groups in total. The van der Waals surface area contributed by atoms with E-state index in [1.165, 1.54) is 11.1 Å². The van der Waals surface area contributed by atoms with Crippen LogP contribution < -0.4 is 11.2 Å². The van der Waals surface area contributed by atoms with Crippen molar-refractivity contribution in [3.8, 4) is 11.5 Å². The van der Waals surface area contributed by atoms with Crippen LogP contribution in [0.25, 0.3) is 0 Å². The highest BCUT2D eigenvalue weighted by Gasteiger charge is 2.52. The fraction of sp³-hybridized carbons (Fsp3) is 0.619. The zero-order valence-electron chi connectivity index (χ0n) is 18.2. The van der Waals surface area contributed by atoms with Gasteiger partial charge >= 0.3 is 7.12 Å². The van der Waals surface area contributed by atoms with Crippen LogP contribution >= 0.6 is 0 Å². The molecule has 1 heterocycles. The van der Waals surface area contributed by atoms with Gasteiger partial charge in [-0.2, -0.15) is 0 Å². The number of rotatable bonds is 2. The van der Waals surface area contributed by atoms with Gasteiger partial charge in [-0.1, -0.05) is 25.6 Å². The molecule has 5 heteroatoms. The van der Waals surface area contributed by atoms with Gasteiger partial charge in [-0.3, -0.25) is 0 Å². The summed E-state index contributed by atoms with van der Waals surface area (Å²) in [7, 11) is -1.87. The van der Waals surface area contributed by atoms with Crippen LogP contribution in [0.5, 0.6) is 0 Å². The highest BCUT2D eigenvalue weighted by Crippen LogP contribution is 2.37. The molecular weight excluding hydrogens is 337 g/mol. The zero-order chi connectivity index (χ0) is 20.1. The van der Waals surface area contributed by atoms with Crippen LogP contribution in [0.15, 0.2) is 0 Å². The maximum absolute atomic E-state index is 6.35. The van der Waals surface area contributed by atoms with Crippen molar-refractivity contribution < 1.29 is 9.31 Å². The van der Waals surface area contributed by atoms with E-state index in [4.69, 9.17) is 15.0 Å². The van der Waals surface area contributed by atoms with Crippen molar-refractivity contribution in [2.75, 3.05) is 0 Å². The van der Waals surface area contributed by atoms with E-state index in [1.54, 1.807) is 0 Å². The monoisotopic (exact) mass is 371 g/mol. The summed E-state index contributed by atoms with van der Waals surface area (Å²) in [5.74, 6) is 3.47. The second-order valence-electron chi connectivity index (χ2n) is 9.43. The molecule has 0 amide bonds. The average molecular weight is 371 g/mol. The van der Waals surface area contributed by atoms with Gasteiger partial charge in [-0.25, -0.2) is 0 Å². The summed E-state index contributed by atoms with van der Waals surface area (Å²) in [4.78, 5) is 0. The molecule has 3 nitrogen and oxygen atoms in total. The SMILES string of the molecule is Cc1c(C#C[Si](C)(C)C)c(C)c(B2OC(C)(C)C(C)(C)O2)c(C)c1CN. The lowest BCUT2D eigenvalue weighted by Gasteiger charge is -2.32. The van der Waals surface area contributed by atoms with Crippen LogP contribution in [0.4, 0.5) is 0 Å². The van der Waals surface area contributed by atoms with Crippen molar-refractivity contribution >= 4 is 20.7 Å². The van der Waals surface area contributed by atoms with Crippen LogP contribution in [0.2, 0.25) is 19.6 Å². The van der Waals surface area contributed by atoms with Crippen molar-refractivity contribution in [3.63, 3.8) is 0 Å². The first kappa shape index (κ1) is 21.2. The molecule has 0 atom stereocenters. The van der Waals surface area contributed by atoms with Crippen molar-refractivity contribution in [2.45, 2.75) is 85.9 Å². The standard InChI is InChI=1S/C21H34BNO2Si/c1-14-17(11-12-26(8,9)10)15(2)19(16(3)18(14)13-23)22-24-20(4,5)21(6,7)25-22/h13,23H2,1-10H3. The third kappa shape index (κ3) is 3.80. The molecule has 1 saturated heterocycles. The van der Waals surface area contributed by atoms with Gasteiger partial charge in [0.1, 0.15) is 8.07 Å². The fourth-order valence-electron chi connectivity index (χ4n) is 3.35. The van der Waals surface area contributed by atoms with Crippen molar-refractivity contribution in [2.24, 2.45) is 5.73 Å². The molecule has 0 aromatic heterocycles. The van der Waals surface area contributed by atoms with Crippen molar-refractivity contribution in [3.05, 3.63) is 27.8 Å². The summed E-state index contributed by atoms with van der Waals surface area (Å²) in [6, 6.07) is 0. The molecule has 142 valence electrons. The molecule has 0 unspecified atom stereocenters. The maximum atomic E-state index is 6.35. The van der Waals surface area contributed by atoms with Crippen molar-refractivity contribution in [1.29, 1.82) is 0 Å². The minimum Gasteiger partial charge on any atom is -0.399 e. The van der Waals surface area contributed by atoms with Gasteiger partial charge in [-0.15, -0.1) is 5.54 Å². The Morgan fingerprint density at radius 1 is 0.923 bits per heavy atom. The first-order valence-corrected chi connectivity index (χ1v) is 12.9. The Hall–Kier alpha value is -1.06. The summed E-state index contributed by atoms with van der Waals surface area (Å²) in [5, 5.41) is 0. The van der Waals surface area contributed by atoms with E-state index in [0.717, 1.165) is 22.2 Å². The molecule has 0 radical (unpaired) electrons. The third-order valence-electron chi connectivity index (χ3n) is 5.72. The first-order chi connectivity index (χ1) is 11.7. The highest BCUT2D eigenvalue weighted by atomic mass is 28.3. The molecule has 1 aliphatic heterocycles. The minimum absolute atomic E-state index is 0.367. The smallest absolute Gasteiger partial charge is 0.399 e. The van der Waals surface area contributed by atoms with Crippen LogP contribution in [0, 0.1) is 32.2 Å². The largest absolute Gasteiger partial charge is 0.495 e. The van der Waals surface area contributed by atoms with Gasteiger partial charge in [0.25, 0.3) is 0 Å². The number of hydrogen-bond donors (Lipinski definition) is 1. The van der Waals surface area contributed by atoms with Gasteiger partial charge in [0.05, 0.1) is 11.2 Å². The highest BCUT2D eigenvalue weighted by molar-refractivity contribution is 6.83. The Morgan fingerprint density at radius 3 is 1.85 bits per heavy atom. The summed E-state index contributed by atoms with van der Waals surface area (Å²) in [5.41, 5.74) is 15.7. The van der Waals surface area contributed by atoms with Gasteiger partial charge in [0.2, 0.25) is 0 Å². The van der Waals surface area contributed by atoms with Crippen LogP contribution in [-0.2, 0) is 15.9 Å². The Balaban J connectivity index is 2.69. The predicted molar refractivity (Wildman–Crippen MR) is 114 cm³/mol. The first-order valence-electron chi connectivity index (χ1n) is 9.43. The zero-order valence-corrected chi connectivity index (χ0v) is 19.2. The van der Waals surface area contributed by atoms with Crippen LogP contribution in [0.1, 0.15) is 55.5 Å². The molecule has 0 spiro atoms. The molecule has 26 heavy (non-hydrogen) atoms. The van der Waals surface area contributed by atoms with Gasteiger partial charge < -0.3 is 15.0 Å². The van der Waals surface area contributed by atoms with E-state index in [9.17, 15) is 0 Å². The molecule has 0 saturated carbocycles. The van der Waals surface area contributed by atoms with Crippen LogP contribution in [-0.4, -0.2) is 26.4 Å². The molecule has 2 rings (SSSR count). The van der Waals surface area contributed by atoms with E-state index in [2.05, 4.69) is 79.6 Å². The number of benzene rings is 1. The maximum Gasteiger partial charge on any atom is 0.495 e. The van der Waals surface area contributed by atoms with E-state index in [0.29, 0.717) is 6.54 Å². The second kappa shape index (κ2) is 6.83. The topological polar surface area (TPSA) is 44.5 Å². The lowest BCUT2D eigenvalue weighted by molar-refractivity contribution is 0.00578. The fourth-order valence-corrected chi connectivity index (χ4v) is 3.85. The molecule has 0 bridgehead atoms. The lowest BCUT2D eigenvalue weighted by atomic mass is 9.70. The Morgan fingerprint density at radius 2 is 1.42 bits per heavy atom. The summed E-state index contributed by atoms with van der Waals surface area (Å²) in [6.45, 7) is 22.0. The van der Waals surface area contributed by atoms with E-state index < -0.39 is 15.2 Å². The molecular formula is C21H34BNO2Si. The molecule has 1 aliphatic rings. The summed E-state index contributed by atoms with van der Waals surface area (Å²) in [6.07, 6.45) is 0. The molecule has 1 fully saturated rings. The Labute approximate surface area is 161 Å². The third-order valence-corrected chi connectivity index (χ3v) is 6.59. The van der Waals surface area contributed by atoms with E-state index in [1.807, 2.05) is 0 Å². The van der Waals surface area contributed by atoms with Gasteiger partial charge in [0, 0.05) is 12.1 Å².